The van der Waals surface area contributed by atoms with Crippen LogP contribution in [0.2, 0.25) is 0 Å². The molecule has 0 atom stereocenters. The van der Waals surface area contributed by atoms with Crippen molar-refractivity contribution in [2.24, 2.45) is 5.10 Å². The van der Waals surface area contributed by atoms with Crippen molar-refractivity contribution >= 4 is 29.2 Å². The van der Waals surface area contributed by atoms with E-state index in [1.165, 1.54) is 11.6 Å². The Morgan fingerprint density at radius 1 is 1.12 bits per heavy atom. The van der Waals surface area contributed by atoms with Crippen LogP contribution in [0.3, 0.4) is 0 Å². The van der Waals surface area contributed by atoms with Gasteiger partial charge in [-0.15, -0.1) is 0 Å². The van der Waals surface area contributed by atoms with Crippen molar-refractivity contribution in [3.63, 3.8) is 0 Å². The molecule has 0 saturated heterocycles. The maximum atomic E-state index is 13.8. The van der Waals surface area contributed by atoms with Crippen LogP contribution in [0.25, 0.3) is 0 Å². The van der Waals surface area contributed by atoms with Crippen LogP contribution in [0.1, 0.15) is 16.8 Å². The van der Waals surface area contributed by atoms with Crippen molar-refractivity contribution in [2.75, 3.05) is 5.32 Å². The van der Waals surface area contributed by atoms with Crippen molar-refractivity contribution in [1.29, 1.82) is 0 Å². The SMILES string of the molecule is Cc1ccc(NC(=S)N/N=C\c2cccn2Cc2ccccc2F)cc1. The maximum absolute atomic E-state index is 13.8. The minimum Gasteiger partial charge on any atom is -0.342 e. The van der Waals surface area contributed by atoms with Crippen molar-refractivity contribution in [1.82, 2.24) is 9.99 Å². The zero-order valence-electron chi connectivity index (χ0n) is 14.3. The van der Waals surface area contributed by atoms with Gasteiger partial charge >= 0.3 is 0 Å². The molecule has 0 bridgehead atoms. The second-order valence-corrected chi connectivity index (χ2v) is 6.25. The predicted molar refractivity (Wildman–Crippen MR) is 108 cm³/mol. The highest BCUT2D eigenvalue weighted by Gasteiger charge is 2.04. The Morgan fingerprint density at radius 3 is 2.65 bits per heavy atom. The third-order valence-corrected chi connectivity index (χ3v) is 4.03. The van der Waals surface area contributed by atoms with Gasteiger partial charge in [-0.1, -0.05) is 35.9 Å². The highest BCUT2D eigenvalue weighted by Crippen LogP contribution is 2.11. The number of aryl methyl sites for hydroxylation is 1. The number of thiocarbonyl (C=S) groups is 1. The van der Waals surface area contributed by atoms with Crippen LogP contribution in [0.15, 0.2) is 72.0 Å². The largest absolute Gasteiger partial charge is 0.342 e. The average Bonchev–Trinajstić information content (AvgIpc) is 3.06. The molecule has 2 N–H and O–H groups in total. The Morgan fingerprint density at radius 2 is 1.88 bits per heavy atom. The van der Waals surface area contributed by atoms with E-state index in [4.69, 9.17) is 12.2 Å². The van der Waals surface area contributed by atoms with Gasteiger partial charge in [-0.25, -0.2) is 4.39 Å². The zero-order valence-corrected chi connectivity index (χ0v) is 15.1. The number of halogens is 1. The van der Waals surface area contributed by atoms with Gasteiger partial charge in [0.1, 0.15) is 5.82 Å². The minimum absolute atomic E-state index is 0.217. The maximum Gasteiger partial charge on any atom is 0.191 e. The fourth-order valence-corrected chi connectivity index (χ4v) is 2.62. The molecular weight excluding hydrogens is 347 g/mol. The zero-order chi connectivity index (χ0) is 18.4. The fourth-order valence-electron chi connectivity index (χ4n) is 2.45. The summed E-state index contributed by atoms with van der Waals surface area (Å²) < 4.78 is 15.7. The number of nitrogens with one attached hydrogen (secondary N) is 2. The third kappa shape index (κ3) is 4.77. The molecule has 0 aliphatic heterocycles. The highest BCUT2D eigenvalue weighted by atomic mass is 32.1. The average molecular weight is 366 g/mol. The van der Waals surface area contributed by atoms with Gasteiger partial charge in [-0.2, -0.15) is 5.10 Å². The number of nitrogens with zero attached hydrogens (tertiary/aromatic N) is 2. The van der Waals surface area contributed by atoms with E-state index in [0.29, 0.717) is 17.2 Å². The first-order chi connectivity index (χ1) is 12.6. The van der Waals surface area contributed by atoms with E-state index < -0.39 is 0 Å². The smallest absolute Gasteiger partial charge is 0.191 e. The molecule has 3 aromatic rings. The monoisotopic (exact) mass is 366 g/mol. The van der Waals surface area contributed by atoms with Gasteiger partial charge in [0.15, 0.2) is 5.11 Å². The molecule has 1 aromatic heterocycles. The van der Waals surface area contributed by atoms with E-state index in [1.54, 1.807) is 18.3 Å². The summed E-state index contributed by atoms with van der Waals surface area (Å²) >= 11 is 5.23. The molecule has 132 valence electrons. The summed E-state index contributed by atoms with van der Waals surface area (Å²) in [6.45, 7) is 2.47. The Balaban J connectivity index is 1.59. The van der Waals surface area contributed by atoms with Gasteiger partial charge in [0, 0.05) is 17.4 Å². The Kier molecular flexibility index (Phi) is 5.76. The van der Waals surface area contributed by atoms with Gasteiger partial charge in [0.05, 0.1) is 18.5 Å². The lowest BCUT2D eigenvalue weighted by atomic mass is 10.2. The normalized spacial score (nSPS) is 10.8. The molecule has 6 heteroatoms. The summed E-state index contributed by atoms with van der Waals surface area (Å²) in [6, 6.07) is 18.5. The van der Waals surface area contributed by atoms with Crippen LogP contribution in [0.5, 0.6) is 0 Å². The van der Waals surface area contributed by atoms with Crippen LogP contribution < -0.4 is 10.7 Å². The van der Waals surface area contributed by atoms with E-state index in [0.717, 1.165) is 11.4 Å². The lowest BCUT2D eigenvalue weighted by Gasteiger charge is -2.08. The predicted octanol–water partition coefficient (Wildman–Crippen LogP) is 4.30. The summed E-state index contributed by atoms with van der Waals surface area (Å²) in [7, 11) is 0. The van der Waals surface area contributed by atoms with Crippen molar-refractivity contribution in [2.45, 2.75) is 13.5 Å². The molecule has 0 spiro atoms. The quantitative estimate of drug-likeness (QED) is 0.402. The molecule has 0 aliphatic carbocycles. The van der Waals surface area contributed by atoms with Gasteiger partial charge in [-0.3, -0.25) is 5.43 Å². The molecule has 0 fully saturated rings. The first kappa shape index (κ1) is 17.8. The fraction of sp³-hybridized carbons (Fsp3) is 0.100. The van der Waals surface area contributed by atoms with Crippen LogP contribution >= 0.6 is 12.2 Å². The van der Waals surface area contributed by atoms with Crippen LogP contribution in [-0.4, -0.2) is 15.9 Å². The van der Waals surface area contributed by atoms with Gasteiger partial charge in [0.25, 0.3) is 0 Å². The number of hydrogen-bond acceptors (Lipinski definition) is 2. The molecule has 1 heterocycles. The molecule has 3 rings (SSSR count). The molecule has 0 unspecified atom stereocenters. The minimum atomic E-state index is -0.217. The first-order valence-corrected chi connectivity index (χ1v) is 8.58. The second kappa shape index (κ2) is 8.40. The number of hydrogen-bond donors (Lipinski definition) is 2. The number of hydrazone groups is 1. The molecule has 0 radical (unpaired) electrons. The standard InChI is InChI=1S/C20H19FN4S/c1-15-8-10-17(11-9-15)23-20(26)24-22-13-18-6-4-12-25(18)14-16-5-2-3-7-19(16)21/h2-13H,14H2,1H3,(H2,23,24,26)/b22-13-. The van der Waals surface area contributed by atoms with Crippen molar-refractivity contribution in [3.8, 4) is 0 Å². The summed E-state index contributed by atoms with van der Waals surface area (Å²) in [5, 5.41) is 7.62. The van der Waals surface area contributed by atoms with Crippen molar-refractivity contribution in [3.05, 3.63) is 89.5 Å². The van der Waals surface area contributed by atoms with E-state index in [9.17, 15) is 4.39 Å². The van der Waals surface area contributed by atoms with E-state index >= 15 is 0 Å². The lowest BCUT2D eigenvalue weighted by molar-refractivity contribution is 0.599. The van der Waals surface area contributed by atoms with E-state index in [2.05, 4.69) is 15.8 Å². The molecule has 0 aliphatic rings. The Hall–Kier alpha value is -2.99. The summed E-state index contributed by atoms with van der Waals surface area (Å²) in [6.07, 6.45) is 3.54. The van der Waals surface area contributed by atoms with Crippen LogP contribution in [0.4, 0.5) is 10.1 Å². The topological polar surface area (TPSA) is 41.4 Å². The second-order valence-electron chi connectivity index (χ2n) is 5.84. The summed E-state index contributed by atoms with van der Waals surface area (Å²) in [4.78, 5) is 0. The van der Waals surface area contributed by atoms with Crippen LogP contribution in [0, 0.1) is 12.7 Å². The summed E-state index contributed by atoms with van der Waals surface area (Å²) in [5.74, 6) is -0.217. The van der Waals surface area contributed by atoms with Gasteiger partial charge < -0.3 is 9.88 Å². The van der Waals surface area contributed by atoms with Gasteiger partial charge in [-0.05, 0) is 49.5 Å². The first-order valence-electron chi connectivity index (χ1n) is 8.17. The highest BCUT2D eigenvalue weighted by molar-refractivity contribution is 7.80. The van der Waals surface area contributed by atoms with E-state index in [-0.39, 0.29) is 5.82 Å². The lowest BCUT2D eigenvalue weighted by Crippen LogP contribution is -2.24. The van der Waals surface area contributed by atoms with E-state index in [1.807, 2.05) is 60.2 Å². The van der Waals surface area contributed by atoms with Crippen molar-refractivity contribution < 1.29 is 4.39 Å². The molecule has 0 saturated carbocycles. The molecule has 2 aromatic carbocycles. The number of benzene rings is 2. The number of aromatic nitrogens is 1. The number of rotatable bonds is 5. The summed E-state index contributed by atoms with van der Waals surface area (Å²) in [5.41, 5.74) is 6.34. The van der Waals surface area contributed by atoms with Crippen LogP contribution in [-0.2, 0) is 6.54 Å². The molecular formula is C20H19FN4S. The number of anilines is 1. The Labute approximate surface area is 157 Å². The molecule has 0 amide bonds. The Bertz CT molecular complexity index is 916. The molecule has 26 heavy (non-hydrogen) atoms. The third-order valence-electron chi connectivity index (χ3n) is 3.84. The molecule has 4 nitrogen and oxygen atoms in total. The van der Waals surface area contributed by atoms with Gasteiger partial charge in [0.2, 0.25) is 0 Å².